The van der Waals surface area contributed by atoms with E-state index in [1.54, 1.807) is 12.1 Å². The van der Waals surface area contributed by atoms with Crippen molar-refractivity contribution in [2.45, 2.75) is 6.54 Å². The van der Waals surface area contributed by atoms with Gasteiger partial charge in [-0.05, 0) is 18.2 Å². The lowest BCUT2D eigenvalue weighted by molar-refractivity contribution is -0.893. The molecule has 0 amide bonds. The Morgan fingerprint density at radius 2 is 1.86 bits per heavy atom. The van der Waals surface area contributed by atoms with Crippen LogP contribution >= 0.6 is 23.2 Å². The molecule has 2 rings (SSSR count). The highest BCUT2D eigenvalue weighted by molar-refractivity contribution is 6.36. The monoisotopic (exact) mass is 338 g/mol. The van der Waals surface area contributed by atoms with E-state index in [9.17, 15) is 4.79 Å². The van der Waals surface area contributed by atoms with E-state index in [2.05, 4.69) is 19.2 Å². The molecule has 2 aromatic carbocycles. The molecule has 1 N–H and O–H groups in total. The first-order valence-electron chi connectivity index (χ1n) is 7.03. The van der Waals surface area contributed by atoms with Crippen LogP contribution < -0.4 is 4.90 Å². The maximum absolute atomic E-state index is 12.0. The number of halogens is 2. The van der Waals surface area contributed by atoms with Gasteiger partial charge in [-0.2, -0.15) is 0 Å². The Labute approximate surface area is 140 Å². The number of likely N-dealkylation sites (N-methyl/N-ethyl adjacent to an activating group) is 1. The first-order chi connectivity index (χ1) is 10.6. The Hall–Kier alpha value is -1.55. The van der Waals surface area contributed by atoms with Crippen molar-refractivity contribution in [1.29, 1.82) is 0 Å². The van der Waals surface area contributed by atoms with E-state index in [-0.39, 0.29) is 0 Å². The molecule has 0 aliphatic rings. The van der Waals surface area contributed by atoms with Crippen LogP contribution in [-0.4, -0.2) is 26.2 Å². The normalized spacial score (nSPS) is 12.0. The molecule has 0 aliphatic carbocycles. The lowest BCUT2D eigenvalue weighted by Gasteiger charge is -2.14. The van der Waals surface area contributed by atoms with Crippen LogP contribution in [0, 0.1) is 0 Å². The summed E-state index contributed by atoms with van der Waals surface area (Å²) in [7, 11) is 2.07. The fraction of sp³-hybridized carbons (Fsp3) is 0.235. The van der Waals surface area contributed by atoms with Crippen LogP contribution in [0.25, 0.3) is 0 Å². The molecule has 0 aromatic heterocycles. The van der Waals surface area contributed by atoms with Gasteiger partial charge in [0.15, 0.2) is 0 Å². The fourth-order valence-corrected chi connectivity index (χ4v) is 2.57. The van der Waals surface area contributed by atoms with Gasteiger partial charge in [-0.25, -0.2) is 4.79 Å². The highest BCUT2D eigenvalue weighted by Crippen LogP contribution is 2.21. The fourth-order valence-electron chi connectivity index (χ4n) is 2.08. The van der Waals surface area contributed by atoms with Gasteiger partial charge in [-0.1, -0.05) is 53.5 Å². The number of hydrogen-bond acceptors (Lipinski definition) is 2. The minimum atomic E-state index is -0.422. The minimum absolute atomic E-state index is 0.308. The zero-order valence-electron chi connectivity index (χ0n) is 12.3. The molecule has 0 saturated heterocycles. The zero-order valence-corrected chi connectivity index (χ0v) is 13.8. The van der Waals surface area contributed by atoms with E-state index in [1.165, 1.54) is 16.5 Å². The van der Waals surface area contributed by atoms with Crippen molar-refractivity contribution in [1.82, 2.24) is 0 Å². The first kappa shape index (κ1) is 16.8. The van der Waals surface area contributed by atoms with Gasteiger partial charge in [0.05, 0.1) is 17.6 Å². The average molecular weight is 339 g/mol. The highest BCUT2D eigenvalue weighted by Gasteiger charge is 2.13. The predicted molar refractivity (Wildman–Crippen MR) is 88.6 cm³/mol. The topological polar surface area (TPSA) is 30.7 Å². The van der Waals surface area contributed by atoms with Gasteiger partial charge < -0.3 is 9.64 Å². The van der Waals surface area contributed by atoms with Crippen molar-refractivity contribution in [3.63, 3.8) is 0 Å². The summed E-state index contributed by atoms with van der Waals surface area (Å²) in [6.45, 7) is 1.96. The summed E-state index contributed by atoms with van der Waals surface area (Å²) >= 11 is 11.8. The largest absolute Gasteiger partial charge is 0.456 e. The minimum Gasteiger partial charge on any atom is -0.456 e. The van der Waals surface area contributed by atoms with Crippen molar-refractivity contribution in [2.24, 2.45) is 0 Å². The lowest BCUT2D eigenvalue weighted by Crippen LogP contribution is -3.08. The van der Waals surface area contributed by atoms with Crippen molar-refractivity contribution in [3.05, 3.63) is 69.7 Å². The van der Waals surface area contributed by atoms with Gasteiger partial charge in [-0.3, -0.25) is 0 Å². The van der Waals surface area contributed by atoms with E-state index in [1.807, 2.05) is 18.2 Å². The number of ether oxygens (including phenoxy) is 1. The third-order valence-electron chi connectivity index (χ3n) is 3.26. The van der Waals surface area contributed by atoms with Crippen molar-refractivity contribution in [3.8, 4) is 0 Å². The first-order valence-corrected chi connectivity index (χ1v) is 7.79. The molecule has 0 heterocycles. The number of nitrogens with one attached hydrogen (secondary N) is 1. The summed E-state index contributed by atoms with van der Waals surface area (Å²) in [5.74, 6) is -0.422. The predicted octanol–water partition coefficient (Wildman–Crippen LogP) is 2.87. The van der Waals surface area contributed by atoms with E-state index in [0.29, 0.717) is 22.2 Å². The highest BCUT2D eigenvalue weighted by atomic mass is 35.5. The third kappa shape index (κ3) is 5.02. The summed E-state index contributed by atoms with van der Waals surface area (Å²) < 4.78 is 5.27. The molecule has 0 bridgehead atoms. The molecule has 5 heteroatoms. The molecule has 0 saturated carbocycles. The van der Waals surface area contributed by atoms with Gasteiger partial charge >= 0.3 is 5.97 Å². The summed E-state index contributed by atoms with van der Waals surface area (Å²) in [6.07, 6.45) is 0. The van der Waals surface area contributed by atoms with Crippen LogP contribution in [-0.2, 0) is 11.3 Å². The molecular formula is C17H18Cl2NO2+. The van der Waals surface area contributed by atoms with Crippen LogP contribution in [0.3, 0.4) is 0 Å². The SMILES string of the molecule is C[NH+](CCOC(=O)c1ccc(Cl)cc1Cl)Cc1ccccc1. The maximum Gasteiger partial charge on any atom is 0.339 e. The van der Waals surface area contributed by atoms with Crippen LogP contribution in [0.4, 0.5) is 0 Å². The number of benzene rings is 2. The summed E-state index contributed by atoms with van der Waals surface area (Å²) in [5.41, 5.74) is 1.60. The number of rotatable bonds is 6. The van der Waals surface area contributed by atoms with Gasteiger partial charge in [-0.15, -0.1) is 0 Å². The Balaban J connectivity index is 1.79. The van der Waals surface area contributed by atoms with E-state index in [0.717, 1.165) is 13.1 Å². The Bertz CT molecular complexity index is 632. The molecule has 1 atom stereocenters. The maximum atomic E-state index is 12.0. The quantitative estimate of drug-likeness (QED) is 0.821. The smallest absolute Gasteiger partial charge is 0.339 e. The molecule has 0 spiro atoms. The number of esters is 1. The zero-order chi connectivity index (χ0) is 15.9. The molecule has 2 aromatic rings. The van der Waals surface area contributed by atoms with Crippen molar-refractivity contribution >= 4 is 29.2 Å². The summed E-state index contributed by atoms with van der Waals surface area (Å²) in [5, 5.41) is 0.802. The standard InChI is InChI=1S/C17H17Cl2NO2/c1-20(12-13-5-3-2-4-6-13)9-10-22-17(21)15-8-7-14(18)11-16(15)19/h2-8,11H,9-10,12H2,1H3/p+1. The Morgan fingerprint density at radius 1 is 1.14 bits per heavy atom. The number of carbonyl (C=O) groups is 1. The van der Waals surface area contributed by atoms with Gasteiger partial charge in [0.2, 0.25) is 0 Å². The van der Waals surface area contributed by atoms with Gasteiger partial charge in [0.25, 0.3) is 0 Å². The Morgan fingerprint density at radius 3 is 2.55 bits per heavy atom. The van der Waals surface area contributed by atoms with Crippen LogP contribution in [0.2, 0.25) is 10.0 Å². The van der Waals surface area contributed by atoms with Gasteiger partial charge in [0, 0.05) is 10.6 Å². The number of hydrogen-bond donors (Lipinski definition) is 1. The lowest BCUT2D eigenvalue weighted by atomic mass is 10.2. The number of quaternary nitrogens is 1. The summed E-state index contributed by atoms with van der Waals surface area (Å²) in [4.78, 5) is 13.2. The average Bonchev–Trinajstić information content (AvgIpc) is 2.48. The van der Waals surface area contributed by atoms with E-state index < -0.39 is 5.97 Å². The summed E-state index contributed by atoms with van der Waals surface area (Å²) in [6, 6.07) is 14.9. The van der Waals surface area contributed by atoms with E-state index in [4.69, 9.17) is 27.9 Å². The van der Waals surface area contributed by atoms with Crippen LogP contribution in [0.5, 0.6) is 0 Å². The molecule has 3 nitrogen and oxygen atoms in total. The molecule has 0 aliphatic heterocycles. The number of carbonyl (C=O) groups excluding carboxylic acids is 1. The second-order valence-corrected chi connectivity index (χ2v) is 5.97. The van der Waals surface area contributed by atoms with Crippen molar-refractivity contribution < 1.29 is 14.4 Å². The molecule has 0 radical (unpaired) electrons. The van der Waals surface area contributed by atoms with Gasteiger partial charge in [0.1, 0.15) is 19.7 Å². The molecule has 1 unspecified atom stereocenters. The third-order valence-corrected chi connectivity index (χ3v) is 3.81. The molecule has 0 fully saturated rings. The Kier molecular flexibility index (Phi) is 6.25. The molecular weight excluding hydrogens is 321 g/mol. The van der Waals surface area contributed by atoms with E-state index >= 15 is 0 Å². The molecule has 22 heavy (non-hydrogen) atoms. The second-order valence-electron chi connectivity index (χ2n) is 5.13. The van der Waals surface area contributed by atoms with Crippen LogP contribution in [0.15, 0.2) is 48.5 Å². The van der Waals surface area contributed by atoms with Crippen LogP contribution in [0.1, 0.15) is 15.9 Å². The molecule has 116 valence electrons. The van der Waals surface area contributed by atoms with Crippen molar-refractivity contribution in [2.75, 3.05) is 20.2 Å². The second kappa shape index (κ2) is 8.18.